The van der Waals surface area contributed by atoms with Crippen LogP contribution in [0.4, 0.5) is 5.88 Å². The van der Waals surface area contributed by atoms with Gasteiger partial charge in [-0.05, 0) is 24.6 Å². The highest BCUT2D eigenvalue weighted by Gasteiger charge is 2.11. The van der Waals surface area contributed by atoms with E-state index in [0.29, 0.717) is 16.5 Å². The number of halogens is 1. The van der Waals surface area contributed by atoms with E-state index >= 15 is 0 Å². The number of anilines is 1. The molecule has 0 aliphatic rings. The molecule has 0 fully saturated rings. The van der Waals surface area contributed by atoms with E-state index in [1.54, 1.807) is 19.2 Å². The minimum absolute atomic E-state index is 0.272. The highest BCUT2D eigenvalue weighted by molar-refractivity contribution is 6.31. The van der Waals surface area contributed by atoms with E-state index < -0.39 is 0 Å². The largest absolute Gasteiger partial charge is 0.497 e. The standard InChI is InChI=1S/C11H11ClN2O2/c1-6-8(10-5-11(13)16-14-10)3-7(15-2)4-9(6)12/h3-5H,13H2,1-2H3. The number of nitrogens with zero attached hydrogens (tertiary/aromatic N) is 1. The van der Waals surface area contributed by atoms with E-state index in [1.807, 2.05) is 13.0 Å². The Morgan fingerprint density at radius 3 is 2.69 bits per heavy atom. The van der Waals surface area contributed by atoms with Crippen LogP contribution in [0, 0.1) is 6.92 Å². The maximum absolute atomic E-state index is 6.08. The summed E-state index contributed by atoms with van der Waals surface area (Å²) in [5, 5.41) is 4.47. The maximum Gasteiger partial charge on any atom is 0.222 e. The van der Waals surface area contributed by atoms with Gasteiger partial charge in [-0.15, -0.1) is 0 Å². The highest BCUT2D eigenvalue weighted by atomic mass is 35.5. The molecule has 0 aliphatic carbocycles. The second kappa shape index (κ2) is 4.06. The Bertz CT molecular complexity index is 523. The molecule has 0 unspecified atom stereocenters. The van der Waals surface area contributed by atoms with Gasteiger partial charge in [-0.3, -0.25) is 0 Å². The van der Waals surface area contributed by atoms with Crippen molar-refractivity contribution in [2.45, 2.75) is 6.92 Å². The van der Waals surface area contributed by atoms with Gasteiger partial charge in [0.25, 0.3) is 0 Å². The Hall–Kier alpha value is -1.68. The van der Waals surface area contributed by atoms with Crippen molar-refractivity contribution < 1.29 is 9.26 Å². The third kappa shape index (κ3) is 1.84. The summed E-state index contributed by atoms with van der Waals surface area (Å²) in [6, 6.07) is 5.25. The van der Waals surface area contributed by atoms with Crippen LogP contribution in [-0.2, 0) is 0 Å². The molecule has 2 N–H and O–H groups in total. The first kappa shape index (κ1) is 10.8. The monoisotopic (exact) mass is 238 g/mol. The molecule has 1 aromatic carbocycles. The average Bonchev–Trinajstić information content (AvgIpc) is 2.68. The van der Waals surface area contributed by atoms with E-state index in [0.717, 1.165) is 11.1 Å². The van der Waals surface area contributed by atoms with Crippen molar-refractivity contribution >= 4 is 17.5 Å². The minimum atomic E-state index is 0.272. The molecule has 2 aromatic rings. The van der Waals surface area contributed by atoms with Gasteiger partial charge in [0.15, 0.2) is 0 Å². The molecule has 0 bridgehead atoms. The molecule has 5 heteroatoms. The van der Waals surface area contributed by atoms with Crippen molar-refractivity contribution in [3.8, 4) is 17.0 Å². The zero-order valence-corrected chi connectivity index (χ0v) is 9.71. The predicted molar refractivity (Wildman–Crippen MR) is 62.7 cm³/mol. The predicted octanol–water partition coefficient (Wildman–Crippen LogP) is 2.89. The second-order valence-electron chi connectivity index (χ2n) is 3.40. The number of nitrogens with two attached hydrogens (primary N) is 1. The first-order chi connectivity index (χ1) is 7.61. The Labute approximate surface area is 97.9 Å². The van der Waals surface area contributed by atoms with E-state index in [4.69, 9.17) is 26.6 Å². The molecular weight excluding hydrogens is 228 g/mol. The third-order valence-electron chi connectivity index (χ3n) is 2.36. The number of hydrogen-bond acceptors (Lipinski definition) is 4. The number of ether oxygens (including phenoxy) is 1. The second-order valence-corrected chi connectivity index (χ2v) is 3.80. The molecule has 2 rings (SSSR count). The molecule has 0 atom stereocenters. The number of benzene rings is 1. The van der Waals surface area contributed by atoms with Gasteiger partial charge in [-0.2, -0.15) is 0 Å². The molecule has 4 nitrogen and oxygen atoms in total. The van der Waals surface area contributed by atoms with Crippen molar-refractivity contribution in [2.75, 3.05) is 12.8 Å². The Morgan fingerprint density at radius 1 is 1.38 bits per heavy atom. The quantitative estimate of drug-likeness (QED) is 0.874. The van der Waals surface area contributed by atoms with Crippen LogP contribution in [0.1, 0.15) is 5.56 Å². The molecule has 1 aromatic heterocycles. The molecule has 0 amide bonds. The van der Waals surface area contributed by atoms with E-state index in [-0.39, 0.29) is 5.88 Å². The Balaban J connectivity index is 2.59. The number of aromatic nitrogens is 1. The van der Waals surface area contributed by atoms with Crippen molar-refractivity contribution in [1.82, 2.24) is 5.16 Å². The summed E-state index contributed by atoms with van der Waals surface area (Å²) in [4.78, 5) is 0. The first-order valence-electron chi connectivity index (χ1n) is 4.68. The fourth-order valence-electron chi connectivity index (χ4n) is 1.45. The lowest BCUT2D eigenvalue weighted by molar-refractivity contribution is 0.414. The maximum atomic E-state index is 6.08. The van der Waals surface area contributed by atoms with Gasteiger partial charge in [-0.25, -0.2) is 0 Å². The van der Waals surface area contributed by atoms with Crippen molar-refractivity contribution in [3.63, 3.8) is 0 Å². The van der Waals surface area contributed by atoms with Gasteiger partial charge in [-0.1, -0.05) is 16.8 Å². The SMILES string of the molecule is COc1cc(Cl)c(C)c(-c2cc(N)on2)c1. The molecule has 0 radical (unpaired) electrons. The third-order valence-corrected chi connectivity index (χ3v) is 2.75. The average molecular weight is 239 g/mol. The van der Waals surface area contributed by atoms with Crippen LogP contribution in [-0.4, -0.2) is 12.3 Å². The highest BCUT2D eigenvalue weighted by Crippen LogP contribution is 2.33. The van der Waals surface area contributed by atoms with E-state index in [2.05, 4.69) is 5.16 Å². The van der Waals surface area contributed by atoms with Gasteiger partial charge < -0.3 is 15.0 Å². The van der Waals surface area contributed by atoms with Gasteiger partial charge in [0, 0.05) is 16.7 Å². The number of methoxy groups -OCH3 is 1. The molecule has 16 heavy (non-hydrogen) atoms. The summed E-state index contributed by atoms with van der Waals surface area (Å²) >= 11 is 6.08. The van der Waals surface area contributed by atoms with Crippen LogP contribution in [0.3, 0.4) is 0 Å². The molecule has 0 saturated heterocycles. The fourth-order valence-corrected chi connectivity index (χ4v) is 1.66. The zero-order chi connectivity index (χ0) is 11.7. The Kier molecular flexibility index (Phi) is 2.75. The summed E-state index contributed by atoms with van der Waals surface area (Å²) in [6.07, 6.45) is 0. The van der Waals surface area contributed by atoms with Gasteiger partial charge in [0.2, 0.25) is 5.88 Å². The first-order valence-corrected chi connectivity index (χ1v) is 5.06. The molecule has 0 spiro atoms. The minimum Gasteiger partial charge on any atom is -0.497 e. The lowest BCUT2D eigenvalue weighted by atomic mass is 10.1. The smallest absolute Gasteiger partial charge is 0.222 e. The lowest BCUT2D eigenvalue weighted by Gasteiger charge is -2.07. The summed E-state index contributed by atoms with van der Waals surface area (Å²) < 4.78 is 9.98. The van der Waals surface area contributed by atoms with E-state index in [9.17, 15) is 0 Å². The van der Waals surface area contributed by atoms with Crippen LogP contribution < -0.4 is 10.5 Å². The van der Waals surface area contributed by atoms with Crippen LogP contribution in [0.25, 0.3) is 11.3 Å². The normalized spacial score (nSPS) is 10.4. The molecule has 0 aliphatic heterocycles. The summed E-state index contributed by atoms with van der Waals surface area (Å²) in [7, 11) is 1.59. The number of nitrogen functional groups attached to an aromatic ring is 1. The molecule has 84 valence electrons. The summed E-state index contributed by atoms with van der Waals surface area (Å²) in [6.45, 7) is 1.90. The van der Waals surface area contributed by atoms with Crippen LogP contribution >= 0.6 is 11.6 Å². The van der Waals surface area contributed by atoms with Crippen molar-refractivity contribution in [1.29, 1.82) is 0 Å². The molecular formula is C11H11ClN2O2. The summed E-state index contributed by atoms with van der Waals surface area (Å²) in [5.74, 6) is 0.945. The zero-order valence-electron chi connectivity index (χ0n) is 8.95. The van der Waals surface area contributed by atoms with Crippen molar-refractivity contribution in [2.24, 2.45) is 0 Å². The molecule has 0 saturated carbocycles. The lowest BCUT2D eigenvalue weighted by Crippen LogP contribution is -1.89. The molecule has 1 heterocycles. The van der Waals surface area contributed by atoms with Crippen LogP contribution in [0.5, 0.6) is 5.75 Å². The van der Waals surface area contributed by atoms with Gasteiger partial charge in [0.1, 0.15) is 11.4 Å². The van der Waals surface area contributed by atoms with Crippen LogP contribution in [0.2, 0.25) is 5.02 Å². The van der Waals surface area contributed by atoms with Gasteiger partial charge in [0.05, 0.1) is 7.11 Å². The summed E-state index contributed by atoms with van der Waals surface area (Å²) in [5.41, 5.74) is 7.89. The fraction of sp³-hybridized carbons (Fsp3) is 0.182. The topological polar surface area (TPSA) is 61.3 Å². The van der Waals surface area contributed by atoms with E-state index in [1.165, 1.54) is 0 Å². The number of rotatable bonds is 2. The Morgan fingerprint density at radius 2 is 2.12 bits per heavy atom. The van der Waals surface area contributed by atoms with Crippen LogP contribution in [0.15, 0.2) is 22.7 Å². The van der Waals surface area contributed by atoms with Crippen molar-refractivity contribution in [3.05, 3.63) is 28.8 Å². The van der Waals surface area contributed by atoms with Gasteiger partial charge >= 0.3 is 0 Å². The number of hydrogen-bond donors (Lipinski definition) is 1.